The summed E-state index contributed by atoms with van der Waals surface area (Å²) in [5, 5.41) is 0. The molecule has 132 valence electrons. The Morgan fingerprint density at radius 1 is 1.08 bits per heavy atom. The maximum Gasteiger partial charge on any atom is 0.292 e. The van der Waals surface area contributed by atoms with E-state index in [1.807, 2.05) is 42.6 Å². The summed E-state index contributed by atoms with van der Waals surface area (Å²) in [4.78, 5) is 3.30. The van der Waals surface area contributed by atoms with Crippen molar-refractivity contribution in [1.82, 2.24) is 4.98 Å². The summed E-state index contributed by atoms with van der Waals surface area (Å²) in [5.41, 5.74) is 7.54. The first-order chi connectivity index (χ1) is 12.8. The number of hydrogen-bond donors (Lipinski definition) is 1. The minimum absolute atomic E-state index is 0.458. The van der Waals surface area contributed by atoms with Crippen LogP contribution in [0.3, 0.4) is 0 Å². The van der Waals surface area contributed by atoms with Crippen molar-refractivity contribution in [2.75, 3.05) is 20.3 Å². The Morgan fingerprint density at radius 2 is 1.92 bits per heavy atom. The van der Waals surface area contributed by atoms with Crippen molar-refractivity contribution >= 4 is 5.57 Å². The average Bonchev–Trinajstić information content (AvgIpc) is 3.34. The predicted octanol–water partition coefficient (Wildman–Crippen LogP) is 4.57. The summed E-state index contributed by atoms with van der Waals surface area (Å²) in [6, 6.07) is 4.03. The number of aromatic amines is 1. The van der Waals surface area contributed by atoms with Crippen LogP contribution in [0, 0.1) is 0 Å². The molecule has 1 aliphatic carbocycles. The molecule has 0 aromatic carbocycles. The summed E-state index contributed by atoms with van der Waals surface area (Å²) < 4.78 is 17.2. The molecule has 0 amide bonds. The molecule has 4 heteroatoms. The second kappa shape index (κ2) is 7.10. The fraction of sp³-hybridized carbons (Fsp3) is 0.182. The molecular formula is C22H21NO3. The van der Waals surface area contributed by atoms with Gasteiger partial charge in [-0.1, -0.05) is 18.2 Å². The molecule has 1 fully saturated rings. The Balaban J connectivity index is 2.06. The minimum Gasteiger partial charge on any atom is -0.468 e. The number of fused-ring (bicyclic) bond motifs is 4. The number of hydrogen-bond acceptors (Lipinski definition) is 3. The maximum atomic E-state index is 5.85. The highest BCUT2D eigenvalue weighted by atomic mass is 16.7. The predicted molar refractivity (Wildman–Crippen MR) is 102 cm³/mol. The summed E-state index contributed by atoms with van der Waals surface area (Å²) in [7, 11) is 1.62. The van der Waals surface area contributed by atoms with Gasteiger partial charge in [-0.05, 0) is 59.6 Å². The van der Waals surface area contributed by atoms with Gasteiger partial charge in [0.1, 0.15) is 0 Å². The van der Waals surface area contributed by atoms with E-state index in [0.717, 1.165) is 22.4 Å². The van der Waals surface area contributed by atoms with Gasteiger partial charge in [-0.15, -0.1) is 0 Å². The van der Waals surface area contributed by atoms with Crippen molar-refractivity contribution in [2.24, 2.45) is 0 Å². The SMILES string of the molecule is CO/C1=C2/C=C/C=C\C(=C3/COC/C3=C(C)\C=C/2c2ccc[nH]2)C=CO1. The topological polar surface area (TPSA) is 43.5 Å². The third-order valence-electron chi connectivity index (χ3n) is 4.70. The van der Waals surface area contributed by atoms with Gasteiger partial charge in [0.25, 0.3) is 5.95 Å². The summed E-state index contributed by atoms with van der Waals surface area (Å²) in [6.07, 6.45) is 15.9. The van der Waals surface area contributed by atoms with E-state index in [-0.39, 0.29) is 0 Å². The first-order valence-electron chi connectivity index (χ1n) is 8.61. The van der Waals surface area contributed by atoms with E-state index in [2.05, 4.69) is 24.1 Å². The molecule has 4 aliphatic rings. The zero-order chi connectivity index (χ0) is 17.9. The second-order valence-corrected chi connectivity index (χ2v) is 6.27. The molecule has 2 bridgehead atoms. The van der Waals surface area contributed by atoms with Crippen molar-refractivity contribution < 1.29 is 14.2 Å². The van der Waals surface area contributed by atoms with E-state index >= 15 is 0 Å². The van der Waals surface area contributed by atoms with Crippen molar-refractivity contribution in [1.29, 1.82) is 0 Å². The van der Waals surface area contributed by atoms with Crippen LogP contribution in [-0.4, -0.2) is 25.3 Å². The van der Waals surface area contributed by atoms with Gasteiger partial charge in [0.2, 0.25) is 0 Å². The van der Waals surface area contributed by atoms with Gasteiger partial charge in [-0.25, -0.2) is 0 Å². The van der Waals surface area contributed by atoms with Gasteiger partial charge in [0, 0.05) is 17.5 Å². The molecule has 0 radical (unpaired) electrons. The Labute approximate surface area is 153 Å². The number of H-pyrrole nitrogens is 1. The zero-order valence-corrected chi connectivity index (χ0v) is 14.9. The highest BCUT2D eigenvalue weighted by Gasteiger charge is 2.22. The van der Waals surface area contributed by atoms with Crippen LogP contribution in [-0.2, 0) is 14.2 Å². The fourth-order valence-corrected chi connectivity index (χ4v) is 3.37. The van der Waals surface area contributed by atoms with Crippen LogP contribution >= 0.6 is 0 Å². The van der Waals surface area contributed by atoms with E-state index in [0.29, 0.717) is 19.2 Å². The third-order valence-corrected chi connectivity index (χ3v) is 4.70. The molecule has 0 spiro atoms. The minimum atomic E-state index is 0.458. The lowest BCUT2D eigenvalue weighted by Crippen LogP contribution is -1.99. The van der Waals surface area contributed by atoms with Crippen LogP contribution in [0.1, 0.15) is 12.6 Å². The molecular weight excluding hydrogens is 326 g/mol. The van der Waals surface area contributed by atoms with Crippen molar-refractivity contribution in [3.05, 3.63) is 101 Å². The lowest BCUT2D eigenvalue weighted by Gasteiger charge is -2.14. The smallest absolute Gasteiger partial charge is 0.292 e. The van der Waals surface area contributed by atoms with Crippen LogP contribution in [0.4, 0.5) is 0 Å². The summed E-state index contributed by atoms with van der Waals surface area (Å²) >= 11 is 0. The number of nitrogens with one attached hydrogen (secondary N) is 1. The van der Waals surface area contributed by atoms with Gasteiger partial charge >= 0.3 is 0 Å². The van der Waals surface area contributed by atoms with Crippen molar-refractivity contribution in [3.8, 4) is 0 Å². The molecule has 1 saturated heterocycles. The Hall–Kier alpha value is -2.98. The number of aromatic nitrogens is 1. The van der Waals surface area contributed by atoms with Crippen LogP contribution < -0.4 is 0 Å². The number of allylic oxidation sites excluding steroid dienone is 10. The lowest BCUT2D eigenvalue weighted by molar-refractivity contribution is 0.118. The summed E-state index contributed by atoms with van der Waals surface area (Å²) in [5.74, 6) is 0.458. The first kappa shape index (κ1) is 16.5. The normalized spacial score (nSPS) is 32.6. The fourth-order valence-electron chi connectivity index (χ4n) is 3.37. The highest BCUT2D eigenvalue weighted by molar-refractivity contribution is 5.82. The standard InChI is InChI=1S/C22H21NO3/c1-15-12-18(21-8-5-10-23-21)17-7-4-3-6-16(9-11-26-22(17)24-2)20-14-25-13-19(15)20/h3-12,23H,13-14H2,1-2H3/b6-3-,7-4+,11-9?,18-12+,19-15+,20-16-,22-17+. The molecule has 26 heavy (non-hydrogen) atoms. The molecule has 4 nitrogen and oxygen atoms in total. The van der Waals surface area contributed by atoms with Gasteiger partial charge in [0.15, 0.2) is 0 Å². The highest BCUT2D eigenvalue weighted by Crippen LogP contribution is 2.34. The average molecular weight is 347 g/mol. The van der Waals surface area contributed by atoms with E-state index in [1.54, 1.807) is 13.4 Å². The van der Waals surface area contributed by atoms with Crippen LogP contribution in [0.15, 0.2) is 94.9 Å². The quantitative estimate of drug-likeness (QED) is 0.852. The zero-order valence-electron chi connectivity index (χ0n) is 14.9. The maximum absolute atomic E-state index is 5.85. The van der Waals surface area contributed by atoms with Gasteiger partial charge in [-0.3, -0.25) is 0 Å². The molecule has 0 unspecified atom stereocenters. The van der Waals surface area contributed by atoms with Gasteiger partial charge in [0.05, 0.1) is 32.2 Å². The largest absolute Gasteiger partial charge is 0.468 e. The van der Waals surface area contributed by atoms with Crippen LogP contribution in [0.2, 0.25) is 0 Å². The van der Waals surface area contributed by atoms with Crippen LogP contribution in [0.5, 0.6) is 0 Å². The van der Waals surface area contributed by atoms with Crippen molar-refractivity contribution in [2.45, 2.75) is 6.92 Å². The van der Waals surface area contributed by atoms with Crippen LogP contribution in [0.25, 0.3) is 5.57 Å². The van der Waals surface area contributed by atoms with E-state index in [4.69, 9.17) is 14.2 Å². The molecule has 0 atom stereocenters. The molecule has 5 rings (SSSR count). The first-order valence-corrected chi connectivity index (χ1v) is 8.61. The Bertz CT molecular complexity index is 919. The Kier molecular flexibility index (Phi) is 4.50. The van der Waals surface area contributed by atoms with Gasteiger partial charge < -0.3 is 19.2 Å². The number of ether oxygens (including phenoxy) is 3. The number of rotatable bonds is 2. The lowest BCUT2D eigenvalue weighted by atomic mass is 9.95. The molecule has 3 aliphatic heterocycles. The Morgan fingerprint density at radius 3 is 2.73 bits per heavy atom. The van der Waals surface area contributed by atoms with E-state index < -0.39 is 0 Å². The monoisotopic (exact) mass is 347 g/mol. The van der Waals surface area contributed by atoms with Crippen molar-refractivity contribution in [3.63, 3.8) is 0 Å². The molecule has 1 aromatic heterocycles. The van der Waals surface area contributed by atoms with E-state index in [1.165, 1.54) is 16.7 Å². The molecule has 1 aromatic rings. The van der Waals surface area contributed by atoms with Gasteiger partial charge in [-0.2, -0.15) is 0 Å². The number of methoxy groups -OCH3 is 1. The summed E-state index contributed by atoms with van der Waals surface area (Å²) in [6.45, 7) is 3.34. The second-order valence-electron chi connectivity index (χ2n) is 6.27. The van der Waals surface area contributed by atoms with E-state index in [9.17, 15) is 0 Å². The molecule has 1 N–H and O–H groups in total. The third kappa shape index (κ3) is 3.00. The molecule has 4 heterocycles. The molecule has 0 saturated carbocycles.